The van der Waals surface area contributed by atoms with Crippen LogP contribution in [0.15, 0.2) is 45.8 Å². The van der Waals surface area contributed by atoms with E-state index in [0.717, 1.165) is 34.3 Å². The number of sulfonamides is 1. The number of aryl methyl sites for hydroxylation is 1. The van der Waals surface area contributed by atoms with Crippen molar-refractivity contribution in [2.24, 2.45) is 0 Å². The Labute approximate surface area is 132 Å². The normalized spacial score (nSPS) is 13.6. The molecule has 2 aromatic rings. The molecule has 0 saturated carbocycles. The van der Waals surface area contributed by atoms with Crippen LogP contribution < -0.4 is 10.0 Å². The second-order valence-electron chi connectivity index (χ2n) is 5.08. The lowest BCUT2D eigenvalue weighted by Crippen LogP contribution is -2.13. The largest absolute Gasteiger partial charge is 0.384 e. The molecule has 0 spiro atoms. The minimum absolute atomic E-state index is 0.290. The molecule has 3 rings (SSSR count). The molecule has 0 fully saturated rings. The highest BCUT2D eigenvalue weighted by Gasteiger charge is 2.19. The fourth-order valence-corrected chi connectivity index (χ4v) is 3.97. The van der Waals surface area contributed by atoms with E-state index in [9.17, 15) is 8.42 Å². The SMILES string of the molecule is Cc1ccc(Br)c(NS(=O)(=O)c2ccc3c(c2)CCN3)c1. The van der Waals surface area contributed by atoms with Crippen molar-refractivity contribution in [3.63, 3.8) is 0 Å². The molecule has 0 bridgehead atoms. The number of halogens is 1. The van der Waals surface area contributed by atoms with Gasteiger partial charge in [0.2, 0.25) is 0 Å². The van der Waals surface area contributed by atoms with Crippen LogP contribution in [0, 0.1) is 6.92 Å². The summed E-state index contributed by atoms with van der Waals surface area (Å²) in [6, 6.07) is 10.7. The van der Waals surface area contributed by atoms with E-state index >= 15 is 0 Å². The predicted molar refractivity (Wildman–Crippen MR) is 88.3 cm³/mol. The maximum atomic E-state index is 12.5. The van der Waals surface area contributed by atoms with Crippen molar-refractivity contribution in [2.45, 2.75) is 18.2 Å². The summed E-state index contributed by atoms with van der Waals surface area (Å²) in [7, 11) is -3.58. The first-order valence-corrected chi connectivity index (χ1v) is 8.89. The smallest absolute Gasteiger partial charge is 0.261 e. The van der Waals surface area contributed by atoms with E-state index in [1.54, 1.807) is 18.2 Å². The number of hydrogen-bond donors (Lipinski definition) is 2. The van der Waals surface area contributed by atoms with Crippen LogP contribution >= 0.6 is 15.9 Å². The van der Waals surface area contributed by atoms with Gasteiger partial charge in [0.25, 0.3) is 10.0 Å². The van der Waals surface area contributed by atoms with Crippen LogP contribution in [0.25, 0.3) is 0 Å². The number of fused-ring (bicyclic) bond motifs is 1. The van der Waals surface area contributed by atoms with Crippen LogP contribution in [0.5, 0.6) is 0 Å². The highest BCUT2D eigenvalue weighted by atomic mass is 79.9. The van der Waals surface area contributed by atoms with Gasteiger partial charge in [-0.1, -0.05) is 6.07 Å². The number of benzene rings is 2. The first-order valence-electron chi connectivity index (χ1n) is 6.61. The summed E-state index contributed by atoms with van der Waals surface area (Å²) in [6.45, 7) is 2.78. The molecule has 110 valence electrons. The summed E-state index contributed by atoms with van der Waals surface area (Å²) in [6.07, 6.45) is 0.854. The average Bonchev–Trinajstić information content (AvgIpc) is 2.90. The average molecular weight is 367 g/mol. The molecule has 1 aliphatic rings. The second-order valence-corrected chi connectivity index (χ2v) is 7.62. The maximum Gasteiger partial charge on any atom is 0.261 e. The zero-order valence-electron chi connectivity index (χ0n) is 11.5. The Kier molecular flexibility index (Phi) is 3.67. The molecule has 21 heavy (non-hydrogen) atoms. The van der Waals surface area contributed by atoms with Crippen LogP contribution in [0.3, 0.4) is 0 Å². The Hall–Kier alpha value is -1.53. The zero-order chi connectivity index (χ0) is 15.0. The molecule has 2 N–H and O–H groups in total. The summed E-state index contributed by atoms with van der Waals surface area (Å²) in [5.74, 6) is 0. The highest BCUT2D eigenvalue weighted by Crippen LogP contribution is 2.29. The molecule has 0 aromatic heterocycles. The lowest BCUT2D eigenvalue weighted by Gasteiger charge is -2.11. The molecular formula is C15H15BrN2O2S. The van der Waals surface area contributed by atoms with Gasteiger partial charge >= 0.3 is 0 Å². The maximum absolute atomic E-state index is 12.5. The van der Waals surface area contributed by atoms with Crippen LogP contribution in [0.1, 0.15) is 11.1 Å². The molecule has 0 amide bonds. The first-order chi connectivity index (χ1) is 9.95. The minimum atomic E-state index is -3.58. The zero-order valence-corrected chi connectivity index (χ0v) is 13.9. The molecular weight excluding hydrogens is 352 g/mol. The van der Waals surface area contributed by atoms with Gasteiger partial charge in [-0.3, -0.25) is 4.72 Å². The monoisotopic (exact) mass is 366 g/mol. The molecule has 0 unspecified atom stereocenters. The lowest BCUT2D eigenvalue weighted by atomic mass is 10.2. The molecule has 0 radical (unpaired) electrons. The number of rotatable bonds is 3. The molecule has 2 aromatic carbocycles. The summed E-state index contributed by atoms with van der Waals surface area (Å²) in [4.78, 5) is 0.290. The van der Waals surface area contributed by atoms with Crippen LogP contribution in [0.2, 0.25) is 0 Å². The molecule has 0 atom stereocenters. The van der Waals surface area contributed by atoms with Crippen LogP contribution in [-0.2, 0) is 16.4 Å². The molecule has 1 heterocycles. The quantitative estimate of drug-likeness (QED) is 0.873. The van der Waals surface area contributed by atoms with Gasteiger partial charge < -0.3 is 5.32 Å². The number of nitrogens with one attached hydrogen (secondary N) is 2. The molecule has 1 aliphatic heterocycles. The van der Waals surface area contributed by atoms with Gasteiger partial charge in [-0.05, 0) is 70.7 Å². The molecule has 0 aliphatic carbocycles. The Morgan fingerprint density at radius 1 is 1.19 bits per heavy atom. The topological polar surface area (TPSA) is 58.2 Å². The fraction of sp³-hybridized carbons (Fsp3) is 0.200. The summed E-state index contributed by atoms with van der Waals surface area (Å²) >= 11 is 3.37. The van der Waals surface area contributed by atoms with Gasteiger partial charge in [-0.25, -0.2) is 8.42 Å². The van der Waals surface area contributed by atoms with E-state index in [2.05, 4.69) is 26.0 Å². The predicted octanol–water partition coefficient (Wildman–Crippen LogP) is 3.53. The van der Waals surface area contributed by atoms with Crippen molar-refractivity contribution in [1.82, 2.24) is 0 Å². The van der Waals surface area contributed by atoms with E-state index in [-0.39, 0.29) is 0 Å². The highest BCUT2D eigenvalue weighted by molar-refractivity contribution is 9.10. The first kappa shape index (κ1) is 14.4. The van der Waals surface area contributed by atoms with E-state index in [0.29, 0.717) is 10.6 Å². The number of hydrogen-bond acceptors (Lipinski definition) is 3. The van der Waals surface area contributed by atoms with Crippen molar-refractivity contribution in [3.8, 4) is 0 Å². The van der Waals surface area contributed by atoms with Gasteiger partial charge in [0.1, 0.15) is 0 Å². The molecule has 6 heteroatoms. The summed E-state index contributed by atoms with van der Waals surface area (Å²) in [5, 5.41) is 3.22. The Morgan fingerprint density at radius 3 is 2.81 bits per heavy atom. The molecule has 4 nitrogen and oxygen atoms in total. The van der Waals surface area contributed by atoms with Gasteiger partial charge in [-0.2, -0.15) is 0 Å². The lowest BCUT2D eigenvalue weighted by molar-refractivity contribution is 0.601. The van der Waals surface area contributed by atoms with Crippen LogP contribution in [0.4, 0.5) is 11.4 Å². The minimum Gasteiger partial charge on any atom is -0.384 e. The summed E-state index contributed by atoms with van der Waals surface area (Å²) < 4.78 is 28.4. The molecule has 0 saturated heterocycles. The standard InChI is InChI=1S/C15H15BrN2O2S/c1-10-2-4-13(16)15(8-10)18-21(19,20)12-3-5-14-11(9-12)6-7-17-14/h2-5,8-9,17-18H,6-7H2,1H3. The van der Waals surface area contributed by atoms with Gasteiger partial charge in [0.15, 0.2) is 0 Å². The van der Waals surface area contributed by atoms with Gasteiger partial charge in [0, 0.05) is 16.7 Å². The third kappa shape index (κ3) is 2.91. The second kappa shape index (κ2) is 5.35. The Morgan fingerprint density at radius 2 is 2.00 bits per heavy atom. The third-order valence-corrected chi connectivity index (χ3v) is 5.52. The van der Waals surface area contributed by atoms with Gasteiger partial charge in [-0.15, -0.1) is 0 Å². The van der Waals surface area contributed by atoms with E-state index in [4.69, 9.17) is 0 Å². The van der Waals surface area contributed by atoms with Crippen molar-refractivity contribution in [2.75, 3.05) is 16.6 Å². The van der Waals surface area contributed by atoms with E-state index < -0.39 is 10.0 Å². The Balaban J connectivity index is 1.95. The van der Waals surface area contributed by atoms with Crippen molar-refractivity contribution in [1.29, 1.82) is 0 Å². The van der Waals surface area contributed by atoms with Crippen molar-refractivity contribution >= 4 is 37.3 Å². The number of anilines is 2. The summed E-state index contributed by atoms with van der Waals surface area (Å²) in [5.41, 5.74) is 3.61. The van der Waals surface area contributed by atoms with E-state index in [1.165, 1.54) is 0 Å². The third-order valence-electron chi connectivity index (χ3n) is 3.46. The van der Waals surface area contributed by atoms with Gasteiger partial charge in [0.05, 0.1) is 10.6 Å². The Bertz CT molecular complexity index is 803. The fourth-order valence-electron chi connectivity index (χ4n) is 2.37. The van der Waals surface area contributed by atoms with Crippen LogP contribution in [-0.4, -0.2) is 15.0 Å². The van der Waals surface area contributed by atoms with Crippen molar-refractivity contribution < 1.29 is 8.42 Å². The van der Waals surface area contributed by atoms with Crippen molar-refractivity contribution in [3.05, 3.63) is 52.0 Å². The van der Waals surface area contributed by atoms with E-state index in [1.807, 2.05) is 25.1 Å².